The van der Waals surface area contributed by atoms with E-state index in [1.807, 2.05) is 6.92 Å². The lowest BCUT2D eigenvalue weighted by Gasteiger charge is -2.07. The lowest BCUT2D eigenvalue weighted by Crippen LogP contribution is -2.29. The molecule has 3 amide bonds. The largest absolute Gasteiger partial charge is 0.377 e. The van der Waals surface area contributed by atoms with Crippen molar-refractivity contribution in [3.05, 3.63) is 0 Å². The predicted molar refractivity (Wildman–Crippen MR) is 81.2 cm³/mol. The van der Waals surface area contributed by atoms with E-state index >= 15 is 0 Å². The summed E-state index contributed by atoms with van der Waals surface area (Å²) in [7, 11) is 0. The molecular formula is C14H27N3O5. The number of amides is 3. The number of ether oxygens (including phenoxy) is 2. The number of hydrogen-bond donors (Lipinski definition) is 3. The molecule has 0 unspecified atom stereocenters. The van der Waals surface area contributed by atoms with E-state index in [1.165, 1.54) is 6.92 Å². The minimum atomic E-state index is -0.144. The van der Waals surface area contributed by atoms with Gasteiger partial charge in [-0.3, -0.25) is 14.4 Å². The van der Waals surface area contributed by atoms with E-state index in [2.05, 4.69) is 16.0 Å². The van der Waals surface area contributed by atoms with Crippen LogP contribution >= 0.6 is 0 Å². The van der Waals surface area contributed by atoms with Crippen LogP contribution in [0.5, 0.6) is 0 Å². The molecule has 0 aliphatic heterocycles. The normalized spacial score (nSPS) is 10.1. The van der Waals surface area contributed by atoms with Gasteiger partial charge in [-0.05, 0) is 13.3 Å². The maximum Gasteiger partial charge on any atom is 0.245 e. The molecule has 0 radical (unpaired) electrons. The lowest BCUT2D eigenvalue weighted by atomic mass is 10.3. The lowest BCUT2D eigenvalue weighted by molar-refractivity contribution is -0.126. The van der Waals surface area contributed by atoms with Crippen molar-refractivity contribution in [2.75, 3.05) is 46.1 Å². The zero-order valence-corrected chi connectivity index (χ0v) is 13.4. The highest BCUT2D eigenvalue weighted by molar-refractivity contribution is 5.77. The zero-order valence-electron chi connectivity index (χ0n) is 13.4. The summed E-state index contributed by atoms with van der Waals surface area (Å²) in [4.78, 5) is 33.1. The second kappa shape index (κ2) is 14.3. The van der Waals surface area contributed by atoms with E-state index in [1.54, 1.807) is 0 Å². The first-order chi connectivity index (χ1) is 10.6. The first kappa shape index (κ1) is 20.3. The highest BCUT2D eigenvalue weighted by Gasteiger charge is 2.01. The standard InChI is InChI=1S/C14H27N3O5/c1-3-15-14(20)11-22-10-9-21-8-7-17-13(19)5-4-6-16-12(2)18/h3-11H2,1-2H3,(H,15,20)(H,16,18)(H,17,19). The highest BCUT2D eigenvalue weighted by atomic mass is 16.5. The summed E-state index contributed by atoms with van der Waals surface area (Å²) in [6.45, 7) is 5.93. The van der Waals surface area contributed by atoms with Gasteiger partial charge in [0.05, 0.1) is 19.8 Å². The van der Waals surface area contributed by atoms with Crippen molar-refractivity contribution in [3.8, 4) is 0 Å². The highest BCUT2D eigenvalue weighted by Crippen LogP contribution is 1.87. The molecular weight excluding hydrogens is 290 g/mol. The first-order valence-corrected chi connectivity index (χ1v) is 7.49. The average Bonchev–Trinajstić information content (AvgIpc) is 2.46. The van der Waals surface area contributed by atoms with Crippen LogP contribution < -0.4 is 16.0 Å². The van der Waals surface area contributed by atoms with Crippen molar-refractivity contribution in [1.29, 1.82) is 0 Å². The second-order valence-corrected chi connectivity index (χ2v) is 4.55. The third-order valence-corrected chi connectivity index (χ3v) is 2.50. The predicted octanol–water partition coefficient (Wildman–Crippen LogP) is -0.812. The van der Waals surface area contributed by atoms with Gasteiger partial charge in [-0.1, -0.05) is 0 Å². The fourth-order valence-electron chi connectivity index (χ4n) is 1.50. The molecule has 0 rings (SSSR count). The van der Waals surface area contributed by atoms with Crippen LogP contribution in [0.4, 0.5) is 0 Å². The second-order valence-electron chi connectivity index (χ2n) is 4.55. The van der Waals surface area contributed by atoms with Gasteiger partial charge in [0.2, 0.25) is 17.7 Å². The number of hydrogen-bond acceptors (Lipinski definition) is 5. The van der Waals surface area contributed by atoms with Crippen molar-refractivity contribution >= 4 is 17.7 Å². The number of nitrogens with one attached hydrogen (secondary N) is 3. The fraction of sp³-hybridized carbons (Fsp3) is 0.786. The van der Waals surface area contributed by atoms with Crippen LogP contribution in [-0.2, 0) is 23.9 Å². The molecule has 0 fully saturated rings. The van der Waals surface area contributed by atoms with Crippen LogP contribution in [0.2, 0.25) is 0 Å². The minimum absolute atomic E-state index is 0.0300. The van der Waals surface area contributed by atoms with E-state index < -0.39 is 0 Å². The summed E-state index contributed by atoms with van der Waals surface area (Å²) < 4.78 is 10.4. The van der Waals surface area contributed by atoms with Crippen molar-refractivity contribution in [2.45, 2.75) is 26.7 Å². The molecule has 0 aromatic rings. The van der Waals surface area contributed by atoms with Gasteiger partial charge in [-0.15, -0.1) is 0 Å². The SMILES string of the molecule is CCNC(=O)COCCOCCNC(=O)CCCNC(C)=O. The van der Waals surface area contributed by atoms with Gasteiger partial charge in [-0.25, -0.2) is 0 Å². The van der Waals surface area contributed by atoms with Gasteiger partial charge in [-0.2, -0.15) is 0 Å². The molecule has 0 aromatic carbocycles. The Morgan fingerprint density at radius 1 is 0.864 bits per heavy atom. The van der Waals surface area contributed by atoms with Gasteiger partial charge in [0.25, 0.3) is 0 Å². The van der Waals surface area contributed by atoms with E-state index in [0.29, 0.717) is 52.3 Å². The van der Waals surface area contributed by atoms with Crippen LogP contribution in [0.1, 0.15) is 26.7 Å². The summed E-state index contributed by atoms with van der Waals surface area (Å²) in [5.41, 5.74) is 0. The van der Waals surface area contributed by atoms with E-state index in [9.17, 15) is 14.4 Å². The van der Waals surface area contributed by atoms with Crippen LogP contribution in [0.15, 0.2) is 0 Å². The quantitative estimate of drug-likeness (QED) is 0.385. The average molecular weight is 317 g/mol. The summed E-state index contributed by atoms with van der Waals surface area (Å²) in [5, 5.41) is 7.96. The van der Waals surface area contributed by atoms with Gasteiger partial charge in [0.15, 0.2) is 0 Å². The Balaban J connectivity index is 3.26. The van der Waals surface area contributed by atoms with Gasteiger partial charge < -0.3 is 25.4 Å². The first-order valence-electron chi connectivity index (χ1n) is 7.49. The molecule has 3 N–H and O–H groups in total. The molecule has 0 aliphatic rings. The van der Waals surface area contributed by atoms with Crippen molar-refractivity contribution in [3.63, 3.8) is 0 Å². The fourth-order valence-corrected chi connectivity index (χ4v) is 1.50. The molecule has 0 saturated carbocycles. The molecule has 0 heterocycles. The Hall–Kier alpha value is -1.67. The molecule has 0 spiro atoms. The minimum Gasteiger partial charge on any atom is -0.377 e. The Morgan fingerprint density at radius 3 is 2.27 bits per heavy atom. The maximum atomic E-state index is 11.4. The number of likely N-dealkylation sites (N-methyl/N-ethyl adjacent to an activating group) is 1. The van der Waals surface area contributed by atoms with Gasteiger partial charge >= 0.3 is 0 Å². The van der Waals surface area contributed by atoms with Crippen molar-refractivity contribution in [2.24, 2.45) is 0 Å². The smallest absolute Gasteiger partial charge is 0.245 e. The van der Waals surface area contributed by atoms with Crippen LogP contribution in [0.25, 0.3) is 0 Å². The summed E-state index contributed by atoms with van der Waals surface area (Å²) in [6, 6.07) is 0. The topological polar surface area (TPSA) is 106 Å². The molecule has 22 heavy (non-hydrogen) atoms. The molecule has 0 saturated heterocycles. The number of carbonyl (C=O) groups is 3. The molecule has 8 nitrogen and oxygen atoms in total. The Morgan fingerprint density at radius 2 is 1.59 bits per heavy atom. The summed E-state index contributed by atoms with van der Waals surface area (Å²) in [6.07, 6.45) is 0.982. The monoisotopic (exact) mass is 317 g/mol. The zero-order chi connectivity index (χ0) is 16.6. The van der Waals surface area contributed by atoms with E-state index in [-0.39, 0.29) is 24.3 Å². The summed E-state index contributed by atoms with van der Waals surface area (Å²) in [5.74, 6) is -0.307. The number of carbonyl (C=O) groups excluding carboxylic acids is 3. The van der Waals surface area contributed by atoms with Crippen LogP contribution in [0.3, 0.4) is 0 Å². The molecule has 0 atom stereocenters. The Bertz CT molecular complexity index is 336. The van der Waals surface area contributed by atoms with Gasteiger partial charge in [0, 0.05) is 33.0 Å². The Kier molecular flexibility index (Phi) is 13.2. The maximum absolute atomic E-state index is 11.4. The third kappa shape index (κ3) is 14.7. The molecule has 128 valence electrons. The van der Waals surface area contributed by atoms with Gasteiger partial charge in [0.1, 0.15) is 6.61 Å². The van der Waals surface area contributed by atoms with Crippen molar-refractivity contribution in [1.82, 2.24) is 16.0 Å². The van der Waals surface area contributed by atoms with Crippen molar-refractivity contribution < 1.29 is 23.9 Å². The van der Waals surface area contributed by atoms with E-state index in [4.69, 9.17) is 9.47 Å². The van der Waals surface area contributed by atoms with E-state index in [0.717, 1.165) is 0 Å². The third-order valence-electron chi connectivity index (χ3n) is 2.50. The molecule has 8 heteroatoms. The molecule has 0 aromatic heterocycles. The summed E-state index contributed by atoms with van der Waals surface area (Å²) >= 11 is 0. The van der Waals surface area contributed by atoms with Crippen LogP contribution in [0, 0.1) is 0 Å². The molecule has 0 bridgehead atoms. The molecule has 0 aliphatic carbocycles. The number of rotatable bonds is 13. The Labute approximate surface area is 131 Å². The van der Waals surface area contributed by atoms with Crippen LogP contribution in [-0.4, -0.2) is 63.8 Å².